The van der Waals surface area contributed by atoms with E-state index in [4.69, 9.17) is 4.98 Å². The highest BCUT2D eigenvalue weighted by molar-refractivity contribution is 5.87. The van der Waals surface area contributed by atoms with Crippen molar-refractivity contribution in [2.75, 3.05) is 0 Å². The molecule has 2 heterocycles. The van der Waals surface area contributed by atoms with Gasteiger partial charge >= 0.3 is 0 Å². The molecule has 2 aromatic heterocycles. The molecular weight excluding hydrogens is 410 g/mol. The number of nitrogens with one attached hydrogen (secondary N) is 1. The lowest BCUT2D eigenvalue weighted by atomic mass is 9.79. The van der Waals surface area contributed by atoms with Gasteiger partial charge in [0.2, 0.25) is 0 Å². The maximum absolute atomic E-state index is 12.6. The topological polar surface area (TPSA) is 79.6 Å². The Hall–Kier alpha value is -3.77. The van der Waals surface area contributed by atoms with Gasteiger partial charge in [-0.15, -0.1) is 5.10 Å². The summed E-state index contributed by atoms with van der Waals surface area (Å²) in [7, 11) is 1.89. The maximum Gasteiger partial charge on any atom is 0.142 e. The van der Waals surface area contributed by atoms with Crippen molar-refractivity contribution in [2.45, 2.75) is 31.3 Å². The van der Waals surface area contributed by atoms with Crippen LogP contribution in [0.5, 0.6) is 0 Å². The number of benzene rings is 3. The molecule has 1 aliphatic carbocycles. The summed E-state index contributed by atoms with van der Waals surface area (Å²) in [5, 5.41) is 21.0. The average Bonchev–Trinajstić information content (AvgIpc) is 3.53. The first-order chi connectivity index (χ1) is 16.1. The third-order valence-electron chi connectivity index (χ3n) is 6.61. The van der Waals surface area contributed by atoms with Crippen LogP contribution in [0, 0.1) is 6.92 Å². The van der Waals surface area contributed by atoms with E-state index < -0.39 is 5.60 Å². The Labute approximate surface area is 191 Å². The smallest absolute Gasteiger partial charge is 0.142 e. The van der Waals surface area contributed by atoms with E-state index in [0.717, 1.165) is 63.3 Å². The van der Waals surface area contributed by atoms with Crippen molar-refractivity contribution in [1.29, 1.82) is 0 Å². The molecule has 0 aliphatic heterocycles. The summed E-state index contributed by atoms with van der Waals surface area (Å²) in [5.41, 5.74) is 5.37. The van der Waals surface area contributed by atoms with Crippen LogP contribution in [0.3, 0.4) is 0 Å². The first-order valence-electron chi connectivity index (χ1n) is 11.3. The van der Waals surface area contributed by atoms with Crippen molar-refractivity contribution in [2.24, 2.45) is 7.05 Å². The summed E-state index contributed by atoms with van der Waals surface area (Å²) < 4.78 is 1.78. The second kappa shape index (κ2) is 7.39. The molecular formula is C27H25N5O. The number of H-pyrrole nitrogens is 1. The molecule has 1 saturated carbocycles. The number of aromatic nitrogens is 5. The van der Waals surface area contributed by atoms with Crippen LogP contribution in [-0.2, 0) is 12.6 Å². The van der Waals surface area contributed by atoms with E-state index in [2.05, 4.69) is 21.4 Å². The van der Waals surface area contributed by atoms with Crippen LogP contribution in [0.2, 0.25) is 0 Å². The third kappa shape index (κ3) is 3.17. The van der Waals surface area contributed by atoms with Gasteiger partial charge in [-0.05, 0) is 43.0 Å². The lowest BCUT2D eigenvalue weighted by molar-refractivity contribution is 0.127. The molecule has 6 nitrogen and oxygen atoms in total. The Kier molecular flexibility index (Phi) is 4.45. The van der Waals surface area contributed by atoms with Crippen LogP contribution in [0.25, 0.3) is 22.3 Å². The van der Waals surface area contributed by atoms with Crippen molar-refractivity contribution in [3.63, 3.8) is 0 Å². The number of aliphatic hydroxyl groups is 1. The zero-order chi connectivity index (χ0) is 22.6. The molecule has 0 bridgehead atoms. The normalized spacial score (nSPS) is 14.2. The van der Waals surface area contributed by atoms with Gasteiger partial charge in [0.1, 0.15) is 11.4 Å². The zero-order valence-electron chi connectivity index (χ0n) is 18.7. The van der Waals surface area contributed by atoms with E-state index in [1.165, 1.54) is 0 Å². The number of aryl methyl sites for hydroxylation is 2. The molecule has 6 rings (SSSR count). The summed E-state index contributed by atoms with van der Waals surface area (Å²) >= 11 is 0. The first-order valence-corrected chi connectivity index (χ1v) is 11.3. The molecule has 0 amide bonds. The third-order valence-corrected chi connectivity index (χ3v) is 6.61. The molecule has 2 N–H and O–H groups in total. The summed E-state index contributed by atoms with van der Waals surface area (Å²) in [6, 6.07) is 23.8. The van der Waals surface area contributed by atoms with Gasteiger partial charge in [0.15, 0.2) is 0 Å². The van der Waals surface area contributed by atoms with Crippen LogP contribution in [0.4, 0.5) is 0 Å². The summed E-state index contributed by atoms with van der Waals surface area (Å²) in [6.45, 7) is 1.95. The number of hydrogen-bond donors (Lipinski definition) is 2. The first kappa shape index (κ1) is 19.9. The molecule has 0 radical (unpaired) electrons. The minimum Gasteiger partial charge on any atom is -0.376 e. The Morgan fingerprint density at radius 2 is 1.61 bits per heavy atom. The number of nitrogens with zero attached hydrogens (tertiary/aromatic N) is 4. The molecule has 1 aliphatic rings. The Bertz CT molecular complexity index is 1390. The highest BCUT2D eigenvalue weighted by atomic mass is 16.3. The van der Waals surface area contributed by atoms with Crippen molar-refractivity contribution in [3.05, 3.63) is 101 Å². The van der Waals surface area contributed by atoms with E-state index >= 15 is 0 Å². The Morgan fingerprint density at radius 3 is 2.15 bits per heavy atom. The summed E-state index contributed by atoms with van der Waals surface area (Å²) in [4.78, 5) is 8.55. The largest absolute Gasteiger partial charge is 0.376 e. The SMILES string of the molecule is Cc1nnn(C)c1-c1cc(C(O)(c2ccccc2)c2ccccc2)c2nc(C3CC3)[nH]c2c1. The summed E-state index contributed by atoms with van der Waals surface area (Å²) in [6.07, 6.45) is 2.29. The predicted octanol–water partition coefficient (Wildman–Crippen LogP) is 4.83. The van der Waals surface area contributed by atoms with Gasteiger partial charge < -0.3 is 10.1 Å². The van der Waals surface area contributed by atoms with Gasteiger partial charge in [-0.25, -0.2) is 9.67 Å². The second-order valence-electron chi connectivity index (χ2n) is 8.91. The van der Waals surface area contributed by atoms with Crippen molar-refractivity contribution in [3.8, 4) is 11.3 Å². The fraction of sp³-hybridized carbons (Fsp3) is 0.222. The number of aromatic amines is 1. The molecule has 0 atom stereocenters. The minimum absolute atomic E-state index is 0.468. The van der Waals surface area contributed by atoms with Crippen molar-refractivity contribution in [1.82, 2.24) is 25.0 Å². The monoisotopic (exact) mass is 435 g/mol. The van der Waals surface area contributed by atoms with E-state index in [1.807, 2.05) is 80.7 Å². The molecule has 0 unspecified atom stereocenters. The molecule has 1 fully saturated rings. The molecule has 0 spiro atoms. The van der Waals surface area contributed by atoms with Gasteiger partial charge in [0.25, 0.3) is 0 Å². The molecule has 5 aromatic rings. The van der Waals surface area contributed by atoms with Gasteiger partial charge in [0, 0.05) is 24.1 Å². The minimum atomic E-state index is -1.38. The number of fused-ring (bicyclic) bond motifs is 1. The Morgan fingerprint density at radius 1 is 0.970 bits per heavy atom. The van der Waals surface area contributed by atoms with Crippen LogP contribution in [0.1, 0.15) is 47.0 Å². The molecule has 6 heteroatoms. The van der Waals surface area contributed by atoms with Gasteiger partial charge in [-0.1, -0.05) is 65.9 Å². The maximum atomic E-state index is 12.6. The second-order valence-corrected chi connectivity index (χ2v) is 8.91. The lowest BCUT2D eigenvalue weighted by Crippen LogP contribution is -2.29. The van der Waals surface area contributed by atoms with E-state index in [0.29, 0.717) is 5.92 Å². The number of hydrogen-bond acceptors (Lipinski definition) is 4. The fourth-order valence-electron chi connectivity index (χ4n) is 4.79. The zero-order valence-corrected chi connectivity index (χ0v) is 18.7. The van der Waals surface area contributed by atoms with E-state index in [1.54, 1.807) is 4.68 Å². The number of imidazole rings is 1. The highest BCUT2D eigenvalue weighted by Gasteiger charge is 2.37. The van der Waals surface area contributed by atoms with Crippen LogP contribution < -0.4 is 0 Å². The summed E-state index contributed by atoms with van der Waals surface area (Å²) in [5.74, 6) is 1.46. The van der Waals surface area contributed by atoms with E-state index in [-0.39, 0.29) is 0 Å². The van der Waals surface area contributed by atoms with Gasteiger partial charge in [-0.3, -0.25) is 0 Å². The standard InChI is InChI=1S/C27H25N5O/c1-17-25(32(2)31-30-17)19-15-22(24-23(16-19)28-26(29-24)18-13-14-18)27(33,20-9-5-3-6-10-20)21-11-7-4-8-12-21/h3-12,15-16,18,33H,13-14H2,1-2H3,(H,28,29). The highest BCUT2D eigenvalue weighted by Crippen LogP contribution is 2.44. The van der Waals surface area contributed by atoms with Gasteiger partial charge in [-0.2, -0.15) is 0 Å². The van der Waals surface area contributed by atoms with E-state index in [9.17, 15) is 5.11 Å². The Balaban J connectivity index is 1.70. The van der Waals surface area contributed by atoms with Gasteiger partial charge in [0.05, 0.1) is 22.4 Å². The van der Waals surface area contributed by atoms with Crippen LogP contribution in [0.15, 0.2) is 72.8 Å². The quantitative estimate of drug-likeness (QED) is 0.388. The molecule has 3 aromatic carbocycles. The lowest BCUT2D eigenvalue weighted by Gasteiger charge is -2.31. The average molecular weight is 436 g/mol. The van der Waals surface area contributed by atoms with Crippen LogP contribution in [-0.4, -0.2) is 30.1 Å². The molecule has 0 saturated heterocycles. The fourth-order valence-corrected chi connectivity index (χ4v) is 4.79. The van der Waals surface area contributed by atoms with Crippen LogP contribution >= 0.6 is 0 Å². The predicted molar refractivity (Wildman–Crippen MR) is 128 cm³/mol. The molecule has 33 heavy (non-hydrogen) atoms. The number of rotatable bonds is 5. The van der Waals surface area contributed by atoms with Crippen molar-refractivity contribution >= 4 is 11.0 Å². The van der Waals surface area contributed by atoms with Crippen molar-refractivity contribution < 1.29 is 5.11 Å². The molecule has 164 valence electrons.